The number of ether oxygens (including phenoxy) is 1. The Bertz CT molecular complexity index is 414. The van der Waals surface area contributed by atoms with E-state index in [0.717, 1.165) is 28.0 Å². The molecule has 92 valence electrons. The lowest BCUT2D eigenvalue weighted by molar-refractivity contribution is 0.0984. The van der Waals surface area contributed by atoms with Crippen molar-refractivity contribution in [2.45, 2.75) is 24.5 Å². The summed E-state index contributed by atoms with van der Waals surface area (Å²) in [5, 5.41) is 0.143. The minimum absolute atomic E-state index is 0.143. The predicted octanol–water partition coefficient (Wildman–Crippen LogP) is 3.93. The molecule has 4 heteroatoms. The first-order valence-corrected chi connectivity index (χ1v) is 7.56. The molecule has 0 saturated carbocycles. The monoisotopic (exact) mass is 314 g/mol. The lowest BCUT2D eigenvalue weighted by Gasteiger charge is -2.20. The lowest BCUT2D eigenvalue weighted by atomic mass is 10.0. The van der Waals surface area contributed by atoms with Gasteiger partial charge in [0.2, 0.25) is 0 Å². The van der Waals surface area contributed by atoms with E-state index in [1.165, 1.54) is 12.8 Å². The van der Waals surface area contributed by atoms with Gasteiger partial charge in [-0.25, -0.2) is 0 Å². The van der Waals surface area contributed by atoms with Crippen LogP contribution in [0.15, 0.2) is 22.7 Å². The smallest absolute Gasteiger partial charge is 0.175 e. The maximum atomic E-state index is 12.3. The van der Waals surface area contributed by atoms with E-state index in [4.69, 9.17) is 4.74 Å². The second-order valence-corrected chi connectivity index (χ2v) is 6.23. The molecule has 0 spiro atoms. The fraction of sp³-hybridized carbons (Fsp3) is 0.462. The molecular formula is C13H15BrO2S. The topological polar surface area (TPSA) is 26.3 Å². The van der Waals surface area contributed by atoms with Gasteiger partial charge in [0, 0.05) is 5.56 Å². The van der Waals surface area contributed by atoms with Gasteiger partial charge in [-0.1, -0.05) is 6.42 Å². The van der Waals surface area contributed by atoms with E-state index in [1.54, 1.807) is 18.9 Å². The van der Waals surface area contributed by atoms with E-state index in [0.29, 0.717) is 0 Å². The first-order chi connectivity index (χ1) is 8.22. The minimum atomic E-state index is 0.143. The van der Waals surface area contributed by atoms with E-state index in [1.807, 2.05) is 18.2 Å². The standard InChI is InChI=1S/C13H15BrO2S/c1-16-11-6-5-9(8-10(11)14)13(15)12-4-2-3-7-17-12/h5-6,8,12H,2-4,7H2,1H3. The Hall–Kier alpha value is -0.480. The van der Waals surface area contributed by atoms with Crippen LogP contribution in [0.5, 0.6) is 5.75 Å². The van der Waals surface area contributed by atoms with Gasteiger partial charge in [0.05, 0.1) is 16.8 Å². The fourth-order valence-corrected chi connectivity index (χ4v) is 3.77. The Kier molecular flexibility index (Phi) is 4.51. The Morgan fingerprint density at radius 1 is 1.47 bits per heavy atom. The molecular weight excluding hydrogens is 300 g/mol. The molecule has 0 aliphatic carbocycles. The van der Waals surface area contributed by atoms with Crippen molar-refractivity contribution in [2.75, 3.05) is 12.9 Å². The van der Waals surface area contributed by atoms with Crippen molar-refractivity contribution in [3.63, 3.8) is 0 Å². The average Bonchev–Trinajstić information content (AvgIpc) is 2.39. The first kappa shape index (κ1) is 13.0. The highest BCUT2D eigenvalue weighted by atomic mass is 79.9. The van der Waals surface area contributed by atoms with Gasteiger partial charge in [-0.3, -0.25) is 4.79 Å². The first-order valence-electron chi connectivity index (χ1n) is 5.71. The molecule has 1 fully saturated rings. The second kappa shape index (κ2) is 5.91. The van der Waals surface area contributed by atoms with Crippen LogP contribution in [0.1, 0.15) is 29.6 Å². The van der Waals surface area contributed by atoms with Crippen molar-refractivity contribution >= 4 is 33.5 Å². The lowest BCUT2D eigenvalue weighted by Crippen LogP contribution is -2.20. The maximum Gasteiger partial charge on any atom is 0.175 e. The Morgan fingerprint density at radius 3 is 2.88 bits per heavy atom. The zero-order valence-electron chi connectivity index (χ0n) is 9.74. The van der Waals surface area contributed by atoms with Gasteiger partial charge < -0.3 is 4.74 Å². The van der Waals surface area contributed by atoms with E-state index in [2.05, 4.69) is 15.9 Å². The normalized spacial score (nSPS) is 20.0. The van der Waals surface area contributed by atoms with Gasteiger partial charge in [-0.05, 0) is 52.7 Å². The van der Waals surface area contributed by atoms with E-state index in [-0.39, 0.29) is 11.0 Å². The molecule has 2 nitrogen and oxygen atoms in total. The molecule has 2 rings (SSSR count). The van der Waals surface area contributed by atoms with Crippen LogP contribution in [-0.4, -0.2) is 23.9 Å². The van der Waals surface area contributed by atoms with Crippen LogP contribution in [0.4, 0.5) is 0 Å². The number of hydrogen-bond donors (Lipinski definition) is 0. The molecule has 1 unspecified atom stereocenters. The van der Waals surface area contributed by atoms with Gasteiger partial charge in [-0.15, -0.1) is 0 Å². The third-order valence-corrected chi connectivity index (χ3v) is 4.90. The number of methoxy groups -OCH3 is 1. The second-order valence-electron chi connectivity index (χ2n) is 4.07. The van der Waals surface area contributed by atoms with Crippen molar-refractivity contribution < 1.29 is 9.53 Å². The van der Waals surface area contributed by atoms with Crippen molar-refractivity contribution in [1.82, 2.24) is 0 Å². The number of carbonyl (C=O) groups is 1. The van der Waals surface area contributed by atoms with Gasteiger partial charge in [0.15, 0.2) is 5.78 Å². The summed E-state index contributed by atoms with van der Waals surface area (Å²) in [5.74, 6) is 2.11. The number of benzene rings is 1. The fourth-order valence-electron chi connectivity index (χ4n) is 1.95. The third-order valence-electron chi connectivity index (χ3n) is 2.91. The van der Waals surface area contributed by atoms with Crippen LogP contribution in [0.25, 0.3) is 0 Å². The highest BCUT2D eigenvalue weighted by Crippen LogP contribution is 2.31. The summed E-state index contributed by atoms with van der Waals surface area (Å²) in [6.07, 6.45) is 3.41. The number of hydrogen-bond acceptors (Lipinski definition) is 3. The number of rotatable bonds is 3. The third kappa shape index (κ3) is 3.05. The van der Waals surface area contributed by atoms with Crippen LogP contribution >= 0.6 is 27.7 Å². The molecule has 1 saturated heterocycles. The van der Waals surface area contributed by atoms with Gasteiger partial charge >= 0.3 is 0 Å². The molecule has 1 aliphatic heterocycles. The summed E-state index contributed by atoms with van der Waals surface area (Å²) in [5.41, 5.74) is 0.775. The largest absolute Gasteiger partial charge is 0.496 e. The number of Topliss-reactive ketones (excluding diaryl/α,β-unsaturated/α-hetero) is 1. The highest BCUT2D eigenvalue weighted by Gasteiger charge is 2.23. The summed E-state index contributed by atoms with van der Waals surface area (Å²) < 4.78 is 6.00. The van der Waals surface area contributed by atoms with Gasteiger partial charge in [0.25, 0.3) is 0 Å². The molecule has 1 aromatic carbocycles. The van der Waals surface area contributed by atoms with Crippen molar-refractivity contribution in [2.24, 2.45) is 0 Å². The molecule has 17 heavy (non-hydrogen) atoms. The van der Waals surface area contributed by atoms with Gasteiger partial charge in [0.1, 0.15) is 5.75 Å². The number of ketones is 1. The molecule has 1 heterocycles. The van der Waals surface area contributed by atoms with Crippen LogP contribution in [-0.2, 0) is 0 Å². The molecule has 1 aromatic rings. The molecule has 0 amide bonds. The quantitative estimate of drug-likeness (QED) is 0.791. The number of carbonyl (C=O) groups excluding carboxylic acids is 1. The van der Waals surface area contributed by atoms with Crippen LogP contribution in [0.2, 0.25) is 0 Å². The van der Waals surface area contributed by atoms with E-state index in [9.17, 15) is 4.79 Å². The van der Waals surface area contributed by atoms with E-state index < -0.39 is 0 Å². The molecule has 1 atom stereocenters. The summed E-state index contributed by atoms with van der Waals surface area (Å²) >= 11 is 5.20. The summed E-state index contributed by atoms with van der Waals surface area (Å²) in [4.78, 5) is 12.3. The number of halogens is 1. The highest BCUT2D eigenvalue weighted by molar-refractivity contribution is 9.10. The van der Waals surface area contributed by atoms with E-state index >= 15 is 0 Å². The van der Waals surface area contributed by atoms with Crippen molar-refractivity contribution in [3.8, 4) is 5.75 Å². The summed E-state index contributed by atoms with van der Waals surface area (Å²) in [6.45, 7) is 0. The molecule has 0 radical (unpaired) electrons. The SMILES string of the molecule is COc1ccc(C(=O)C2CCCCS2)cc1Br. The zero-order chi connectivity index (χ0) is 12.3. The van der Waals surface area contributed by atoms with Crippen LogP contribution < -0.4 is 4.74 Å². The summed E-state index contributed by atoms with van der Waals surface area (Å²) in [6, 6.07) is 5.54. The maximum absolute atomic E-state index is 12.3. The molecule has 0 N–H and O–H groups in total. The molecule has 0 bridgehead atoms. The van der Waals surface area contributed by atoms with Crippen molar-refractivity contribution in [3.05, 3.63) is 28.2 Å². The number of thioether (sulfide) groups is 1. The Balaban J connectivity index is 2.16. The zero-order valence-corrected chi connectivity index (χ0v) is 12.1. The Labute approximate surface area is 114 Å². The average molecular weight is 315 g/mol. The molecule has 0 aromatic heterocycles. The van der Waals surface area contributed by atoms with Gasteiger partial charge in [-0.2, -0.15) is 11.8 Å². The Morgan fingerprint density at radius 2 is 2.29 bits per heavy atom. The van der Waals surface area contributed by atoms with Crippen LogP contribution in [0.3, 0.4) is 0 Å². The van der Waals surface area contributed by atoms with Crippen LogP contribution in [0, 0.1) is 0 Å². The summed E-state index contributed by atoms with van der Waals surface area (Å²) in [7, 11) is 1.62. The predicted molar refractivity (Wildman–Crippen MR) is 75.1 cm³/mol. The van der Waals surface area contributed by atoms with Crippen molar-refractivity contribution in [1.29, 1.82) is 0 Å². The molecule has 1 aliphatic rings. The minimum Gasteiger partial charge on any atom is -0.496 e.